The highest BCUT2D eigenvalue weighted by atomic mass is 32.2. The van der Waals surface area contributed by atoms with Gasteiger partial charge in [-0.3, -0.25) is 14.5 Å². The van der Waals surface area contributed by atoms with E-state index in [1.165, 1.54) is 31.5 Å². The van der Waals surface area contributed by atoms with Crippen LogP contribution in [-0.4, -0.2) is 42.1 Å². The van der Waals surface area contributed by atoms with Crippen molar-refractivity contribution < 1.29 is 9.59 Å². The summed E-state index contributed by atoms with van der Waals surface area (Å²) in [5.41, 5.74) is 3.33. The number of fused-ring (bicyclic) bond motifs is 1. The van der Waals surface area contributed by atoms with E-state index in [0.717, 1.165) is 22.7 Å². The molecular formula is C23H27N3O2S. The van der Waals surface area contributed by atoms with Gasteiger partial charge in [-0.15, -0.1) is 11.8 Å². The molecule has 1 saturated heterocycles. The second kappa shape index (κ2) is 9.46. The normalized spacial score (nSPS) is 16.7. The Morgan fingerprint density at radius 2 is 1.72 bits per heavy atom. The summed E-state index contributed by atoms with van der Waals surface area (Å²) in [6, 6.07) is 16.4. The van der Waals surface area contributed by atoms with Gasteiger partial charge in [-0.2, -0.15) is 0 Å². The van der Waals surface area contributed by atoms with Crippen molar-refractivity contribution >= 4 is 29.3 Å². The molecule has 0 bridgehead atoms. The van der Waals surface area contributed by atoms with E-state index < -0.39 is 0 Å². The second-order valence-corrected chi connectivity index (χ2v) is 8.65. The maximum absolute atomic E-state index is 12.3. The molecule has 2 aromatic rings. The van der Waals surface area contributed by atoms with Crippen LogP contribution in [0.5, 0.6) is 0 Å². The zero-order chi connectivity index (χ0) is 20.1. The van der Waals surface area contributed by atoms with Crippen molar-refractivity contribution in [1.82, 2.24) is 10.2 Å². The number of hydrogen-bond acceptors (Lipinski definition) is 4. The molecule has 5 nitrogen and oxygen atoms in total. The Bertz CT molecular complexity index is 863. The predicted octanol–water partition coefficient (Wildman–Crippen LogP) is 3.43. The second-order valence-electron chi connectivity index (χ2n) is 7.63. The standard InChI is InChI=1S/C23H27N3O2S/c27-22(11-14-26-20-5-1-2-6-21(20)29-17-23(26)28)24-15-18-7-9-19(10-8-18)16-25-12-3-4-13-25/h1-2,5-10H,3-4,11-17H2,(H,24,27). The third-order valence-corrected chi connectivity index (χ3v) is 6.54. The number of rotatable bonds is 7. The van der Waals surface area contributed by atoms with Crippen molar-refractivity contribution in [3.05, 3.63) is 59.7 Å². The minimum absolute atomic E-state index is 0.0327. The molecular weight excluding hydrogens is 382 g/mol. The zero-order valence-corrected chi connectivity index (χ0v) is 17.4. The van der Waals surface area contributed by atoms with Crippen molar-refractivity contribution in [2.75, 3.05) is 30.3 Å². The summed E-state index contributed by atoms with van der Waals surface area (Å²) in [5.74, 6) is 0.465. The Labute approximate surface area is 176 Å². The number of benzene rings is 2. The molecule has 1 fully saturated rings. The van der Waals surface area contributed by atoms with Gasteiger partial charge in [0.05, 0.1) is 11.4 Å². The lowest BCUT2D eigenvalue weighted by atomic mass is 10.1. The Balaban J connectivity index is 1.24. The summed E-state index contributed by atoms with van der Waals surface area (Å²) < 4.78 is 0. The van der Waals surface area contributed by atoms with Gasteiger partial charge in [0.25, 0.3) is 0 Å². The molecule has 2 amide bonds. The number of nitrogens with zero attached hydrogens (tertiary/aromatic N) is 2. The lowest BCUT2D eigenvalue weighted by Crippen LogP contribution is -2.38. The van der Waals surface area contributed by atoms with Crippen LogP contribution in [0.2, 0.25) is 0 Å². The summed E-state index contributed by atoms with van der Waals surface area (Å²) in [4.78, 5) is 29.9. The number of likely N-dealkylation sites (tertiary alicyclic amines) is 1. The van der Waals surface area contributed by atoms with Crippen molar-refractivity contribution in [2.24, 2.45) is 0 Å². The molecule has 0 aliphatic carbocycles. The molecule has 0 saturated carbocycles. The van der Waals surface area contributed by atoms with Crippen LogP contribution in [0.25, 0.3) is 0 Å². The first-order valence-corrected chi connectivity index (χ1v) is 11.3. The molecule has 4 rings (SSSR count). The summed E-state index contributed by atoms with van der Waals surface area (Å²) in [6.45, 7) is 4.33. The van der Waals surface area contributed by atoms with Crippen molar-refractivity contribution in [1.29, 1.82) is 0 Å². The Kier molecular flexibility index (Phi) is 6.52. The fourth-order valence-electron chi connectivity index (χ4n) is 3.86. The van der Waals surface area contributed by atoms with E-state index in [1.54, 1.807) is 16.7 Å². The third-order valence-electron chi connectivity index (χ3n) is 5.49. The predicted molar refractivity (Wildman–Crippen MR) is 117 cm³/mol. The summed E-state index contributed by atoms with van der Waals surface area (Å²) in [6.07, 6.45) is 2.91. The van der Waals surface area contributed by atoms with Crippen LogP contribution in [0.1, 0.15) is 30.4 Å². The first-order valence-electron chi connectivity index (χ1n) is 10.3. The van der Waals surface area contributed by atoms with Gasteiger partial charge in [0, 0.05) is 31.0 Å². The van der Waals surface area contributed by atoms with E-state index in [0.29, 0.717) is 25.3 Å². The smallest absolute Gasteiger partial charge is 0.237 e. The van der Waals surface area contributed by atoms with Gasteiger partial charge < -0.3 is 10.2 Å². The molecule has 6 heteroatoms. The van der Waals surface area contributed by atoms with Gasteiger partial charge in [-0.1, -0.05) is 36.4 Å². The maximum atomic E-state index is 12.3. The van der Waals surface area contributed by atoms with Crippen molar-refractivity contribution in [2.45, 2.75) is 37.2 Å². The van der Waals surface area contributed by atoms with Gasteiger partial charge >= 0.3 is 0 Å². The first-order chi connectivity index (χ1) is 14.2. The molecule has 1 N–H and O–H groups in total. The zero-order valence-electron chi connectivity index (χ0n) is 16.6. The first kappa shape index (κ1) is 20.0. The summed E-state index contributed by atoms with van der Waals surface area (Å²) in [7, 11) is 0. The molecule has 29 heavy (non-hydrogen) atoms. The molecule has 0 spiro atoms. The number of carbonyl (C=O) groups excluding carboxylic acids is 2. The minimum Gasteiger partial charge on any atom is -0.352 e. The number of amides is 2. The largest absolute Gasteiger partial charge is 0.352 e. The van der Waals surface area contributed by atoms with Gasteiger partial charge in [-0.05, 0) is 49.2 Å². The van der Waals surface area contributed by atoms with E-state index >= 15 is 0 Å². The highest BCUT2D eigenvalue weighted by Crippen LogP contribution is 2.34. The van der Waals surface area contributed by atoms with E-state index in [2.05, 4.69) is 34.5 Å². The Morgan fingerprint density at radius 1 is 1.00 bits per heavy atom. The van der Waals surface area contributed by atoms with E-state index in [-0.39, 0.29) is 11.8 Å². The molecule has 2 aliphatic rings. The molecule has 0 unspecified atom stereocenters. The van der Waals surface area contributed by atoms with Crippen LogP contribution in [-0.2, 0) is 22.7 Å². The number of carbonyl (C=O) groups is 2. The summed E-state index contributed by atoms with van der Waals surface area (Å²) in [5, 5.41) is 2.98. The molecule has 2 heterocycles. The SMILES string of the molecule is O=C(CCN1C(=O)CSc2ccccc21)NCc1ccc(CN2CCCC2)cc1. The molecule has 0 atom stereocenters. The van der Waals surface area contributed by atoms with Crippen LogP contribution < -0.4 is 10.2 Å². The third kappa shape index (κ3) is 5.19. The quantitative estimate of drug-likeness (QED) is 0.761. The Hall–Kier alpha value is -2.31. The van der Waals surface area contributed by atoms with Crippen LogP contribution in [0.3, 0.4) is 0 Å². The van der Waals surface area contributed by atoms with Gasteiger partial charge in [0.2, 0.25) is 11.8 Å². The molecule has 2 aliphatic heterocycles. The van der Waals surface area contributed by atoms with Gasteiger partial charge in [-0.25, -0.2) is 0 Å². The van der Waals surface area contributed by atoms with Crippen molar-refractivity contribution in [3.63, 3.8) is 0 Å². The van der Waals surface area contributed by atoms with Crippen LogP contribution in [0, 0.1) is 0 Å². The Morgan fingerprint density at radius 3 is 2.52 bits per heavy atom. The fraction of sp³-hybridized carbons (Fsp3) is 0.391. The number of anilines is 1. The topological polar surface area (TPSA) is 52.7 Å². The highest BCUT2D eigenvalue weighted by Gasteiger charge is 2.24. The molecule has 0 aromatic heterocycles. The van der Waals surface area contributed by atoms with Gasteiger partial charge in [0.15, 0.2) is 0 Å². The minimum atomic E-state index is -0.0327. The maximum Gasteiger partial charge on any atom is 0.237 e. The average molecular weight is 410 g/mol. The van der Waals surface area contributed by atoms with Crippen LogP contribution in [0.4, 0.5) is 5.69 Å². The van der Waals surface area contributed by atoms with E-state index in [1.807, 2.05) is 24.3 Å². The van der Waals surface area contributed by atoms with E-state index in [9.17, 15) is 9.59 Å². The monoisotopic (exact) mass is 409 g/mol. The van der Waals surface area contributed by atoms with Gasteiger partial charge in [0.1, 0.15) is 0 Å². The van der Waals surface area contributed by atoms with Crippen LogP contribution in [0.15, 0.2) is 53.4 Å². The molecule has 2 aromatic carbocycles. The lowest BCUT2D eigenvalue weighted by molar-refractivity contribution is -0.121. The number of nitrogens with one attached hydrogen (secondary N) is 1. The lowest BCUT2D eigenvalue weighted by Gasteiger charge is -2.28. The number of thioether (sulfide) groups is 1. The van der Waals surface area contributed by atoms with Crippen LogP contribution >= 0.6 is 11.8 Å². The van der Waals surface area contributed by atoms with E-state index in [4.69, 9.17) is 0 Å². The van der Waals surface area contributed by atoms with Crippen molar-refractivity contribution in [3.8, 4) is 0 Å². The highest BCUT2D eigenvalue weighted by molar-refractivity contribution is 8.00. The average Bonchev–Trinajstić information content (AvgIpc) is 3.25. The molecule has 152 valence electrons. The molecule has 0 radical (unpaired) electrons. The number of hydrogen-bond donors (Lipinski definition) is 1. The fourth-order valence-corrected chi connectivity index (χ4v) is 4.80. The number of para-hydroxylation sites is 1. The summed E-state index contributed by atoms with van der Waals surface area (Å²) >= 11 is 1.56.